The van der Waals surface area contributed by atoms with Crippen molar-refractivity contribution in [3.05, 3.63) is 46.7 Å². The molecule has 1 unspecified atom stereocenters. The number of amidine groups is 1. The Bertz CT molecular complexity index is 647. The average molecular weight is 392 g/mol. The van der Waals surface area contributed by atoms with Gasteiger partial charge in [0, 0.05) is 23.2 Å². The van der Waals surface area contributed by atoms with Gasteiger partial charge in [-0.05, 0) is 55.0 Å². The summed E-state index contributed by atoms with van der Waals surface area (Å²) >= 11 is 1.61. The Morgan fingerprint density at radius 3 is 2.76 bits per heavy atom. The van der Waals surface area contributed by atoms with E-state index in [4.69, 9.17) is 5.73 Å². The number of benzene rings is 1. The quantitative estimate of drug-likeness (QED) is 0.241. The molecule has 0 radical (unpaired) electrons. The first-order valence-electron chi connectivity index (χ1n) is 8.81. The fourth-order valence-corrected chi connectivity index (χ4v) is 6.40. The number of nitrogens with two attached hydrogens (primary N) is 1. The molecule has 6 heteroatoms. The lowest BCUT2D eigenvalue weighted by Crippen LogP contribution is -2.10. The van der Waals surface area contributed by atoms with E-state index in [1.807, 2.05) is 40.4 Å². The molecule has 3 nitrogen and oxygen atoms in total. The summed E-state index contributed by atoms with van der Waals surface area (Å²) < 4.78 is 0. The lowest BCUT2D eigenvalue weighted by atomic mass is 10.1. The van der Waals surface area contributed by atoms with Crippen molar-refractivity contribution in [1.82, 2.24) is 0 Å². The van der Waals surface area contributed by atoms with Gasteiger partial charge in [-0.25, -0.2) is 4.99 Å². The summed E-state index contributed by atoms with van der Waals surface area (Å²) in [6.45, 7) is 1.03. The van der Waals surface area contributed by atoms with Gasteiger partial charge in [-0.2, -0.15) is 0 Å². The maximum Gasteiger partial charge on any atom is 0.141 e. The number of aliphatic imine (C=N–C) groups is 1. The standard InChI is InChI=1S/C19H25N3S3/c20-19(18-6-4-13-23-18)22-16-9-7-15(8-10-16)21-12-3-1-2-5-17-11-14-24-25-17/h4,6-10,13,17,21H,1-3,5,11-12,14H2,(H2,20,22). The molecule has 1 fully saturated rings. The van der Waals surface area contributed by atoms with E-state index in [1.165, 1.54) is 37.9 Å². The van der Waals surface area contributed by atoms with Crippen molar-refractivity contribution in [2.24, 2.45) is 10.7 Å². The second kappa shape index (κ2) is 10.1. The summed E-state index contributed by atoms with van der Waals surface area (Å²) in [5, 5.41) is 6.41. The fourth-order valence-electron chi connectivity index (χ4n) is 2.74. The van der Waals surface area contributed by atoms with Gasteiger partial charge >= 0.3 is 0 Å². The zero-order valence-electron chi connectivity index (χ0n) is 14.3. The minimum absolute atomic E-state index is 0.578. The number of anilines is 1. The van der Waals surface area contributed by atoms with E-state index >= 15 is 0 Å². The molecule has 1 aromatic carbocycles. The molecule has 3 N–H and O–H groups in total. The van der Waals surface area contributed by atoms with Crippen molar-refractivity contribution < 1.29 is 0 Å². The number of thiophene rings is 1. The van der Waals surface area contributed by atoms with Crippen molar-refractivity contribution in [3.63, 3.8) is 0 Å². The molecule has 0 spiro atoms. The van der Waals surface area contributed by atoms with Crippen LogP contribution in [0, 0.1) is 0 Å². The van der Waals surface area contributed by atoms with Crippen LogP contribution in [0.1, 0.15) is 37.0 Å². The zero-order valence-corrected chi connectivity index (χ0v) is 16.8. The van der Waals surface area contributed by atoms with Gasteiger partial charge in [-0.1, -0.05) is 40.5 Å². The average Bonchev–Trinajstić information content (AvgIpc) is 3.33. The van der Waals surface area contributed by atoms with E-state index in [-0.39, 0.29) is 0 Å². The van der Waals surface area contributed by atoms with Gasteiger partial charge in [0.1, 0.15) is 5.84 Å². The number of hydrogen-bond acceptors (Lipinski definition) is 5. The molecular weight excluding hydrogens is 366 g/mol. The minimum Gasteiger partial charge on any atom is -0.385 e. The highest BCUT2D eigenvalue weighted by Gasteiger charge is 2.15. The van der Waals surface area contributed by atoms with Crippen LogP contribution in [-0.4, -0.2) is 23.4 Å². The first-order chi connectivity index (χ1) is 12.3. The number of rotatable bonds is 9. The van der Waals surface area contributed by atoms with Crippen LogP contribution in [0.15, 0.2) is 46.8 Å². The molecule has 134 valence electrons. The summed E-state index contributed by atoms with van der Waals surface area (Å²) in [6.07, 6.45) is 6.69. The van der Waals surface area contributed by atoms with Crippen LogP contribution in [-0.2, 0) is 0 Å². The van der Waals surface area contributed by atoms with Gasteiger partial charge in [0.05, 0.1) is 10.6 Å². The van der Waals surface area contributed by atoms with Gasteiger partial charge in [0.2, 0.25) is 0 Å². The molecule has 1 atom stereocenters. The third-order valence-corrected chi connectivity index (χ3v) is 8.05. The third-order valence-electron chi connectivity index (χ3n) is 4.15. The van der Waals surface area contributed by atoms with Crippen molar-refractivity contribution in [1.29, 1.82) is 0 Å². The van der Waals surface area contributed by atoms with Crippen LogP contribution < -0.4 is 11.1 Å². The molecule has 25 heavy (non-hydrogen) atoms. The number of unbranched alkanes of at least 4 members (excludes halogenated alkanes) is 2. The molecule has 1 aromatic heterocycles. The predicted molar refractivity (Wildman–Crippen MR) is 117 cm³/mol. The van der Waals surface area contributed by atoms with E-state index in [9.17, 15) is 0 Å². The maximum atomic E-state index is 6.02. The highest BCUT2D eigenvalue weighted by Crippen LogP contribution is 2.39. The first kappa shape index (κ1) is 18.7. The summed E-state index contributed by atoms with van der Waals surface area (Å²) in [5.41, 5.74) is 8.06. The molecule has 1 saturated heterocycles. The van der Waals surface area contributed by atoms with Crippen LogP contribution in [0.4, 0.5) is 11.4 Å². The molecule has 2 aromatic rings. The highest BCUT2D eigenvalue weighted by atomic mass is 33.1. The summed E-state index contributed by atoms with van der Waals surface area (Å²) in [5.74, 6) is 1.92. The van der Waals surface area contributed by atoms with E-state index in [0.717, 1.165) is 28.0 Å². The number of hydrogen-bond donors (Lipinski definition) is 2. The minimum atomic E-state index is 0.578. The second-order valence-electron chi connectivity index (χ2n) is 6.13. The van der Waals surface area contributed by atoms with Crippen molar-refractivity contribution in [3.8, 4) is 0 Å². The fraction of sp³-hybridized carbons (Fsp3) is 0.421. The molecular formula is C19H25N3S3. The number of nitrogens with zero attached hydrogens (tertiary/aromatic N) is 1. The summed E-state index contributed by atoms with van der Waals surface area (Å²) in [6, 6.07) is 12.2. The van der Waals surface area contributed by atoms with E-state index in [1.54, 1.807) is 11.3 Å². The molecule has 1 aliphatic heterocycles. The van der Waals surface area contributed by atoms with Gasteiger partial charge in [-0.3, -0.25) is 0 Å². The smallest absolute Gasteiger partial charge is 0.141 e. The Balaban J connectivity index is 1.35. The number of nitrogens with one attached hydrogen (secondary N) is 1. The summed E-state index contributed by atoms with van der Waals surface area (Å²) in [7, 11) is 4.13. The van der Waals surface area contributed by atoms with Crippen LogP contribution in [0.3, 0.4) is 0 Å². The Labute approximate surface area is 162 Å². The Kier molecular flexibility index (Phi) is 7.57. The SMILES string of the molecule is NC(=Nc1ccc(NCCCCCC2CCSS2)cc1)c1cccs1. The van der Waals surface area contributed by atoms with Crippen molar-refractivity contribution in [2.45, 2.75) is 37.4 Å². The Morgan fingerprint density at radius 1 is 1.16 bits per heavy atom. The molecule has 0 aliphatic carbocycles. The van der Waals surface area contributed by atoms with Crippen LogP contribution in [0.5, 0.6) is 0 Å². The second-order valence-corrected chi connectivity index (χ2v) is 9.86. The molecule has 3 rings (SSSR count). The molecule has 1 aliphatic rings. The Hall–Kier alpha value is -1.11. The largest absolute Gasteiger partial charge is 0.385 e. The van der Waals surface area contributed by atoms with E-state index < -0.39 is 0 Å². The van der Waals surface area contributed by atoms with Gasteiger partial charge < -0.3 is 11.1 Å². The van der Waals surface area contributed by atoms with E-state index in [2.05, 4.69) is 33.2 Å². The Morgan fingerprint density at radius 2 is 2.04 bits per heavy atom. The lowest BCUT2D eigenvalue weighted by molar-refractivity contribution is 0.633. The first-order valence-corrected chi connectivity index (χ1v) is 12.1. The van der Waals surface area contributed by atoms with Gasteiger partial charge in [0.25, 0.3) is 0 Å². The molecule has 0 bridgehead atoms. The maximum absolute atomic E-state index is 6.02. The zero-order chi connectivity index (χ0) is 17.3. The lowest BCUT2D eigenvalue weighted by Gasteiger charge is -2.08. The highest BCUT2D eigenvalue weighted by molar-refractivity contribution is 8.77. The summed E-state index contributed by atoms with van der Waals surface area (Å²) in [4.78, 5) is 5.49. The normalized spacial score (nSPS) is 17.8. The molecule has 0 saturated carbocycles. The monoisotopic (exact) mass is 391 g/mol. The van der Waals surface area contributed by atoms with Crippen molar-refractivity contribution in [2.75, 3.05) is 17.6 Å². The van der Waals surface area contributed by atoms with Gasteiger partial charge in [-0.15, -0.1) is 11.3 Å². The van der Waals surface area contributed by atoms with Crippen LogP contribution in [0.2, 0.25) is 0 Å². The van der Waals surface area contributed by atoms with E-state index in [0.29, 0.717) is 5.84 Å². The van der Waals surface area contributed by atoms with Crippen LogP contribution in [0.25, 0.3) is 0 Å². The van der Waals surface area contributed by atoms with Crippen LogP contribution >= 0.6 is 32.9 Å². The predicted octanol–water partition coefficient (Wildman–Crippen LogP) is 5.91. The van der Waals surface area contributed by atoms with Gasteiger partial charge in [0.15, 0.2) is 0 Å². The molecule has 0 amide bonds. The molecule has 2 heterocycles. The topological polar surface area (TPSA) is 50.4 Å². The van der Waals surface area contributed by atoms with Crippen molar-refractivity contribution >= 4 is 50.1 Å². The third kappa shape index (κ3) is 6.28.